The molecule has 0 radical (unpaired) electrons. The average Bonchev–Trinajstić information content (AvgIpc) is 2.71. The number of ether oxygens (including phenoxy) is 1. The number of sulfonamides is 1. The van der Waals surface area contributed by atoms with Crippen molar-refractivity contribution in [2.75, 3.05) is 25.5 Å². The summed E-state index contributed by atoms with van der Waals surface area (Å²) in [6.45, 7) is -1.69. The Labute approximate surface area is 169 Å². The lowest BCUT2D eigenvalue weighted by Gasteiger charge is -2.09. The zero-order chi connectivity index (χ0) is 22.5. The topological polar surface area (TPSA) is 145 Å². The van der Waals surface area contributed by atoms with Crippen LogP contribution in [-0.4, -0.2) is 45.3 Å². The number of hydrogen-bond acceptors (Lipinski definition) is 8. The van der Waals surface area contributed by atoms with E-state index >= 15 is 0 Å². The fourth-order valence-electron chi connectivity index (χ4n) is 2.23. The maximum Gasteiger partial charge on any atom is 0.321 e. The minimum atomic E-state index is -4.30. The van der Waals surface area contributed by atoms with Gasteiger partial charge in [0.1, 0.15) is 12.2 Å². The first-order valence-electron chi connectivity index (χ1n) is 8.15. The Morgan fingerprint density at radius 2 is 1.83 bits per heavy atom. The first-order chi connectivity index (χ1) is 14.0. The number of anilines is 1. The number of benzene rings is 2. The molecule has 0 saturated carbocycles. The molecule has 2 aromatic carbocycles. The Balaban J connectivity index is 1.98. The van der Waals surface area contributed by atoms with Gasteiger partial charge in [0.25, 0.3) is 5.69 Å². The van der Waals surface area contributed by atoms with E-state index in [1.165, 1.54) is 13.1 Å². The third-order valence-electron chi connectivity index (χ3n) is 3.76. The Morgan fingerprint density at radius 3 is 2.43 bits per heavy atom. The number of rotatable bonds is 9. The number of carbonyl (C=O) groups excluding carboxylic acids is 2. The molecule has 0 aliphatic rings. The van der Waals surface area contributed by atoms with Crippen LogP contribution in [0.25, 0.3) is 0 Å². The summed E-state index contributed by atoms with van der Waals surface area (Å²) in [6.07, 6.45) is 0. The van der Waals surface area contributed by atoms with E-state index in [0.717, 1.165) is 24.3 Å². The van der Waals surface area contributed by atoms with Crippen molar-refractivity contribution in [2.45, 2.75) is 4.90 Å². The fraction of sp³-hybridized carbons (Fsp3) is 0.176. The van der Waals surface area contributed by atoms with Gasteiger partial charge in [-0.2, -0.15) is 4.72 Å². The summed E-state index contributed by atoms with van der Waals surface area (Å²) in [6, 6.07) is 5.46. The Morgan fingerprint density at radius 1 is 1.13 bits per heavy atom. The molecule has 0 fully saturated rings. The van der Waals surface area contributed by atoms with Gasteiger partial charge in [-0.05, 0) is 30.3 Å². The number of esters is 1. The molecule has 0 bridgehead atoms. The average molecular weight is 443 g/mol. The van der Waals surface area contributed by atoms with Crippen LogP contribution in [0.2, 0.25) is 0 Å². The van der Waals surface area contributed by atoms with Crippen molar-refractivity contribution in [3.63, 3.8) is 0 Å². The minimum absolute atomic E-state index is 0.0918. The van der Waals surface area contributed by atoms with E-state index in [2.05, 4.69) is 10.1 Å². The van der Waals surface area contributed by atoms with Crippen LogP contribution in [0.4, 0.5) is 20.2 Å². The lowest BCUT2D eigenvalue weighted by molar-refractivity contribution is -0.384. The lowest BCUT2D eigenvalue weighted by Crippen LogP contribution is -2.31. The van der Waals surface area contributed by atoms with Gasteiger partial charge in [0.05, 0.1) is 9.82 Å². The molecule has 0 unspecified atom stereocenters. The molecule has 30 heavy (non-hydrogen) atoms. The number of ketones is 1. The Kier molecular flexibility index (Phi) is 7.13. The highest BCUT2D eigenvalue weighted by molar-refractivity contribution is 7.89. The van der Waals surface area contributed by atoms with Gasteiger partial charge < -0.3 is 10.1 Å². The van der Waals surface area contributed by atoms with Crippen molar-refractivity contribution < 1.29 is 36.4 Å². The third-order valence-corrected chi connectivity index (χ3v) is 5.16. The second-order valence-electron chi connectivity index (χ2n) is 5.72. The van der Waals surface area contributed by atoms with Crippen molar-refractivity contribution in [1.29, 1.82) is 0 Å². The van der Waals surface area contributed by atoms with E-state index in [0.29, 0.717) is 6.07 Å². The molecule has 0 aromatic heterocycles. The van der Waals surface area contributed by atoms with E-state index in [1.807, 2.05) is 4.72 Å². The standard InChI is InChI=1S/C17H15F2N3O7S/c1-20-14-5-3-11(7-15(14)22(25)26)30(27,28)21-8-17(24)29-9-16(23)10-2-4-12(18)13(19)6-10/h2-7,20-21H,8-9H2,1H3. The van der Waals surface area contributed by atoms with Crippen LogP contribution in [0.3, 0.4) is 0 Å². The lowest BCUT2D eigenvalue weighted by atomic mass is 10.1. The minimum Gasteiger partial charge on any atom is -0.456 e. The second-order valence-corrected chi connectivity index (χ2v) is 7.49. The van der Waals surface area contributed by atoms with Crippen molar-refractivity contribution in [3.8, 4) is 0 Å². The van der Waals surface area contributed by atoms with Gasteiger partial charge in [0.2, 0.25) is 10.0 Å². The first-order valence-corrected chi connectivity index (χ1v) is 9.63. The van der Waals surface area contributed by atoms with Crippen molar-refractivity contribution in [3.05, 3.63) is 63.7 Å². The van der Waals surface area contributed by atoms with Crippen LogP contribution in [0.15, 0.2) is 41.3 Å². The van der Waals surface area contributed by atoms with Gasteiger partial charge in [0, 0.05) is 18.7 Å². The van der Waals surface area contributed by atoms with E-state index < -0.39 is 62.1 Å². The van der Waals surface area contributed by atoms with E-state index in [9.17, 15) is 36.9 Å². The molecule has 0 spiro atoms. The van der Waals surface area contributed by atoms with E-state index in [-0.39, 0.29) is 11.3 Å². The zero-order valence-corrected chi connectivity index (χ0v) is 16.2. The van der Waals surface area contributed by atoms with Crippen LogP contribution >= 0.6 is 0 Å². The Hall–Kier alpha value is -3.45. The molecule has 0 aliphatic carbocycles. The summed E-state index contributed by atoms with van der Waals surface area (Å²) < 4.78 is 57.0. The number of nitro groups is 1. The smallest absolute Gasteiger partial charge is 0.321 e. The monoisotopic (exact) mass is 443 g/mol. The van der Waals surface area contributed by atoms with Gasteiger partial charge in [0.15, 0.2) is 24.0 Å². The molecule has 2 N–H and O–H groups in total. The second kappa shape index (κ2) is 9.37. The highest BCUT2D eigenvalue weighted by atomic mass is 32.2. The molecule has 0 aliphatic heterocycles. The summed E-state index contributed by atoms with van der Waals surface area (Å²) in [7, 11) is -2.87. The van der Waals surface area contributed by atoms with Crippen molar-refractivity contribution in [1.82, 2.24) is 4.72 Å². The molecule has 160 valence electrons. The maximum atomic E-state index is 13.1. The number of carbonyl (C=O) groups is 2. The number of hydrogen-bond donors (Lipinski definition) is 2. The van der Waals surface area contributed by atoms with Crippen LogP contribution < -0.4 is 10.0 Å². The summed E-state index contributed by atoms with van der Waals surface area (Å²) in [5, 5.41) is 13.6. The van der Waals surface area contributed by atoms with Crippen LogP contribution in [0.1, 0.15) is 10.4 Å². The molecule has 2 aromatic rings. The van der Waals surface area contributed by atoms with Crippen LogP contribution in [0.5, 0.6) is 0 Å². The number of Topliss-reactive ketones (excluding diaryl/α,β-unsaturated/α-hetero) is 1. The van der Waals surface area contributed by atoms with Gasteiger partial charge in [-0.1, -0.05) is 0 Å². The fourth-order valence-corrected chi connectivity index (χ4v) is 3.22. The van der Waals surface area contributed by atoms with Crippen LogP contribution in [0, 0.1) is 21.7 Å². The quantitative estimate of drug-likeness (QED) is 0.257. The van der Waals surface area contributed by atoms with E-state index in [4.69, 9.17) is 0 Å². The number of halogens is 2. The Bertz CT molecular complexity index is 1110. The number of nitrogens with one attached hydrogen (secondary N) is 2. The van der Waals surface area contributed by atoms with Gasteiger partial charge >= 0.3 is 5.97 Å². The van der Waals surface area contributed by atoms with Gasteiger partial charge in [-0.25, -0.2) is 17.2 Å². The summed E-state index contributed by atoms with van der Waals surface area (Å²) in [5.41, 5.74) is -0.631. The third kappa shape index (κ3) is 5.55. The predicted octanol–water partition coefficient (Wildman–Crippen LogP) is 1.62. The summed E-state index contributed by atoms with van der Waals surface area (Å²) in [4.78, 5) is 33.3. The summed E-state index contributed by atoms with van der Waals surface area (Å²) in [5.74, 6) is -4.36. The van der Waals surface area contributed by atoms with Crippen molar-refractivity contribution >= 4 is 33.2 Å². The molecule has 0 saturated heterocycles. The molecule has 0 heterocycles. The highest BCUT2D eigenvalue weighted by Crippen LogP contribution is 2.26. The van der Waals surface area contributed by atoms with Crippen LogP contribution in [-0.2, 0) is 19.6 Å². The molecular weight excluding hydrogens is 428 g/mol. The SMILES string of the molecule is CNc1ccc(S(=O)(=O)NCC(=O)OCC(=O)c2ccc(F)c(F)c2)cc1[N+](=O)[O-]. The number of nitro benzene ring substituents is 1. The highest BCUT2D eigenvalue weighted by Gasteiger charge is 2.22. The zero-order valence-electron chi connectivity index (χ0n) is 15.3. The maximum absolute atomic E-state index is 13.1. The molecule has 0 atom stereocenters. The summed E-state index contributed by atoms with van der Waals surface area (Å²) >= 11 is 0. The van der Waals surface area contributed by atoms with Gasteiger partial charge in [-0.15, -0.1) is 0 Å². The molecule has 13 heteroatoms. The van der Waals surface area contributed by atoms with E-state index in [1.54, 1.807) is 0 Å². The first kappa shape index (κ1) is 22.8. The largest absolute Gasteiger partial charge is 0.456 e. The number of nitrogens with zero attached hydrogens (tertiary/aromatic N) is 1. The molecule has 0 amide bonds. The molecule has 10 nitrogen and oxygen atoms in total. The van der Waals surface area contributed by atoms with Gasteiger partial charge in [-0.3, -0.25) is 19.7 Å². The normalized spacial score (nSPS) is 11.0. The van der Waals surface area contributed by atoms with Crippen molar-refractivity contribution in [2.24, 2.45) is 0 Å². The molecular formula is C17H15F2N3O7S. The predicted molar refractivity (Wildman–Crippen MR) is 99.5 cm³/mol. The molecule has 2 rings (SSSR count).